The Morgan fingerprint density at radius 2 is 1.94 bits per heavy atom. The van der Waals surface area contributed by atoms with Crippen molar-refractivity contribution in [2.75, 3.05) is 0 Å². The predicted molar refractivity (Wildman–Crippen MR) is 120 cm³/mol. The van der Waals surface area contributed by atoms with Gasteiger partial charge in [-0.1, -0.05) is 6.92 Å². The molecule has 5 aliphatic rings. The van der Waals surface area contributed by atoms with E-state index < -0.39 is 5.60 Å². The lowest BCUT2D eigenvalue weighted by molar-refractivity contribution is -0.150. The molecule has 6 rings (SSSR count). The van der Waals surface area contributed by atoms with Crippen LogP contribution in [0.4, 0.5) is 0 Å². The third kappa shape index (κ3) is 3.20. The topological polar surface area (TPSA) is 78.9 Å². The molecule has 0 aromatic carbocycles. The summed E-state index contributed by atoms with van der Waals surface area (Å²) >= 11 is 0. The van der Waals surface area contributed by atoms with Gasteiger partial charge in [-0.2, -0.15) is 10.4 Å². The first-order valence-electron chi connectivity index (χ1n) is 13.0. The van der Waals surface area contributed by atoms with E-state index in [1.165, 1.54) is 44.9 Å². The van der Waals surface area contributed by atoms with Crippen molar-refractivity contribution in [2.24, 2.45) is 52.8 Å². The maximum absolute atomic E-state index is 13.7. The van der Waals surface area contributed by atoms with Gasteiger partial charge in [0.2, 0.25) is 0 Å². The van der Waals surface area contributed by atoms with Gasteiger partial charge in [0.1, 0.15) is 6.07 Å². The molecule has 5 fully saturated rings. The Bertz CT molecular complexity index is 960. The van der Waals surface area contributed by atoms with Gasteiger partial charge in [0.15, 0.2) is 5.78 Å². The third-order valence-corrected chi connectivity index (χ3v) is 10.8. The van der Waals surface area contributed by atoms with E-state index in [-0.39, 0.29) is 11.3 Å². The molecule has 0 bridgehead atoms. The third-order valence-electron chi connectivity index (χ3n) is 10.8. The molecule has 1 N–H and O–H groups in total. The summed E-state index contributed by atoms with van der Waals surface area (Å²) in [6.07, 6.45) is 14.0. The number of hydrogen-bond donors (Lipinski definition) is 1. The van der Waals surface area contributed by atoms with Gasteiger partial charge in [0, 0.05) is 12.1 Å². The van der Waals surface area contributed by atoms with Crippen LogP contribution in [0.15, 0.2) is 12.4 Å². The predicted octanol–water partition coefficient (Wildman–Crippen LogP) is 4.59. The van der Waals surface area contributed by atoms with Gasteiger partial charge in [-0.25, -0.2) is 0 Å². The fourth-order valence-electron chi connectivity index (χ4n) is 9.40. The van der Waals surface area contributed by atoms with Gasteiger partial charge in [-0.15, -0.1) is 0 Å². The second-order valence-electron chi connectivity index (χ2n) is 12.6. The molecule has 1 aromatic heterocycles. The van der Waals surface area contributed by atoms with Crippen LogP contribution in [0.5, 0.6) is 0 Å². The Hall–Kier alpha value is -1.67. The zero-order chi connectivity index (χ0) is 22.3. The van der Waals surface area contributed by atoms with E-state index >= 15 is 0 Å². The van der Waals surface area contributed by atoms with E-state index in [0.717, 1.165) is 36.5 Å². The first-order valence-corrected chi connectivity index (χ1v) is 13.0. The summed E-state index contributed by atoms with van der Waals surface area (Å²) in [4.78, 5) is 13.7. The Morgan fingerprint density at radius 1 is 1.12 bits per heavy atom. The van der Waals surface area contributed by atoms with E-state index in [9.17, 15) is 9.90 Å². The van der Waals surface area contributed by atoms with Crippen LogP contribution in [-0.4, -0.2) is 26.3 Å². The highest BCUT2D eigenvalue weighted by molar-refractivity contribution is 5.82. The number of carbonyl (C=O) groups excluding carboxylic acids is 1. The van der Waals surface area contributed by atoms with Gasteiger partial charge < -0.3 is 5.11 Å². The lowest BCUT2D eigenvalue weighted by atomic mass is 9.44. The standard InChI is InChI=1S/C27H37N3O2/c1-26(32)7-5-19-17(11-26)3-4-21-20(19)6-8-27(2)23(21)10-18-9-22(18)25(27)24(31)15-30-14-16(12-28)13-29-30/h13-14,17-23,25,32H,3-11,15H2,1-2H3/t17-,18+,19+,20-,21-,22+,23+,25+,26-,27+/m1/s1. The van der Waals surface area contributed by atoms with Crippen molar-refractivity contribution in [3.63, 3.8) is 0 Å². The van der Waals surface area contributed by atoms with Crippen LogP contribution in [0.1, 0.15) is 77.2 Å². The number of hydrogen-bond acceptors (Lipinski definition) is 4. The fraction of sp³-hybridized carbons (Fsp3) is 0.815. The lowest BCUT2D eigenvalue weighted by Gasteiger charge is -2.60. The van der Waals surface area contributed by atoms with Gasteiger partial charge >= 0.3 is 0 Å². The monoisotopic (exact) mass is 435 g/mol. The summed E-state index contributed by atoms with van der Waals surface area (Å²) in [5.41, 5.74) is 0.186. The van der Waals surface area contributed by atoms with Crippen molar-refractivity contribution >= 4 is 5.78 Å². The van der Waals surface area contributed by atoms with Crippen molar-refractivity contribution in [1.29, 1.82) is 5.26 Å². The van der Waals surface area contributed by atoms with E-state index in [1.807, 2.05) is 6.92 Å². The average molecular weight is 436 g/mol. The highest BCUT2D eigenvalue weighted by Gasteiger charge is 2.65. The smallest absolute Gasteiger partial charge is 0.158 e. The normalized spacial score (nSPS) is 49.1. The number of aliphatic hydroxyl groups is 1. The first kappa shape index (κ1) is 20.9. The first-order chi connectivity index (χ1) is 15.3. The van der Waals surface area contributed by atoms with Crippen LogP contribution in [-0.2, 0) is 11.3 Å². The number of nitrogens with zero attached hydrogens (tertiary/aromatic N) is 3. The van der Waals surface area contributed by atoms with Crippen LogP contribution >= 0.6 is 0 Å². The van der Waals surface area contributed by atoms with Gasteiger partial charge in [-0.05, 0) is 112 Å². The quantitative estimate of drug-likeness (QED) is 0.753. The number of ketones is 1. The molecular weight excluding hydrogens is 398 g/mol. The van der Waals surface area contributed by atoms with Crippen LogP contribution in [0.3, 0.4) is 0 Å². The second-order valence-corrected chi connectivity index (χ2v) is 12.6. The number of carbonyl (C=O) groups is 1. The van der Waals surface area contributed by atoms with Crippen molar-refractivity contribution < 1.29 is 9.90 Å². The van der Waals surface area contributed by atoms with E-state index in [0.29, 0.717) is 35.6 Å². The van der Waals surface area contributed by atoms with Crippen molar-refractivity contribution in [1.82, 2.24) is 9.78 Å². The molecule has 32 heavy (non-hydrogen) atoms. The highest BCUT2D eigenvalue weighted by atomic mass is 16.3. The Balaban J connectivity index is 1.24. The molecule has 0 amide bonds. The molecule has 0 saturated heterocycles. The van der Waals surface area contributed by atoms with Crippen molar-refractivity contribution in [3.8, 4) is 6.07 Å². The number of aromatic nitrogens is 2. The molecule has 0 unspecified atom stereocenters. The molecule has 1 heterocycles. The molecule has 5 aliphatic carbocycles. The number of rotatable bonds is 3. The second kappa shape index (κ2) is 7.16. The van der Waals surface area contributed by atoms with Crippen molar-refractivity contribution in [3.05, 3.63) is 18.0 Å². The minimum absolute atomic E-state index is 0.119. The SMILES string of the molecule is C[C@@]1(O)CC[C@H]2[C@H](CC[C@@H]3[C@@H]2CC[C@]2(C)[C@H](C(=O)Cn4cc(C#N)cn4)[C@H]4C[C@H]4C[C@@H]32)C1. The fourth-order valence-corrected chi connectivity index (χ4v) is 9.40. The zero-order valence-electron chi connectivity index (χ0n) is 19.5. The van der Waals surface area contributed by atoms with Crippen LogP contribution in [0, 0.1) is 64.1 Å². The maximum Gasteiger partial charge on any atom is 0.158 e. The molecule has 10 atom stereocenters. The van der Waals surface area contributed by atoms with Crippen LogP contribution < -0.4 is 0 Å². The van der Waals surface area contributed by atoms with Gasteiger partial charge in [0.25, 0.3) is 0 Å². The van der Waals surface area contributed by atoms with E-state index in [4.69, 9.17) is 5.26 Å². The largest absolute Gasteiger partial charge is 0.390 e. The van der Waals surface area contributed by atoms with E-state index in [2.05, 4.69) is 18.1 Å². The molecule has 1 aromatic rings. The van der Waals surface area contributed by atoms with Crippen LogP contribution in [0.25, 0.3) is 0 Å². The molecule has 0 radical (unpaired) electrons. The maximum atomic E-state index is 13.7. The Kier molecular flexibility index (Phi) is 4.68. The number of Topliss-reactive ketones (excluding diaryl/α,β-unsaturated/α-hetero) is 1. The van der Waals surface area contributed by atoms with Crippen molar-refractivity contribution in [2.45, 2.75) is 83.8 Å². The molecule has 172 valence electrons. The molecule has 0 aliphatic heterocycles. The highest BCUT2D eigenvalue weighted by Crippen LogP contribution is 2.70. The van der Waals surface area contributed by atoms with Gasteiger partial charge in [-0.3, -0.25) is 9.48 Å². The summed E-state index contributed by atoms with van der Waals surface area (Å²) in [5, 5.41) is 24.0. The zero-order valence-corrected chi connectivity index (χ0v) is 19.5. The molecular formula is C27H37N3O2. The molecule has 5 saturated carbocycles. The Morgan fingerprint density at radius 3 is 2.72 bits per heavy atom. The number of nitriles is 1. The molecule has 5 nitrogen and oxygen atoms in total. The van der Waals surface area contributed by atoms with Gasteiger partial charge in [0.05, 0.1) is 23.9 Å². The summed E-state index contributed by atoms with van der Waals surface area (Å²) in [5.74, 6) is 5.57. The summed E-state index contributed by atoms with van der Waals surface area (Å²) < 4.78 is 1.68. The van der Waals surface area contributed by atoms with Crippen LogP contribution in [0.2, 0.25) is 0 Å². The average Bonchev–Trinajstić information content (AvgIpc) is 3.36. The lowest BCUT2D eigenvalue weighted by Crippen LogP contribution is -2.55. The minimum atomic E-state index is -0.460. The Labute approximate surface area is 191 Å². The number of fused-ring (bicyclic) bond motifs is 6. The summed E-state index contributed by atoms with van der Waals surface area (Å²) in [6.45, 7) is 4.80. The summed E-state index contributed by atoms with van der Waals surface area (Å²) in [6, 6.07) is 2.12. The molecule has 0 spiro atoms. The minimum Gasteiger partial charge on any atom is -0.390 e. The summed E-state index contributed by atoms with van der Waals surface area (Å²) in [7, 11) is 0. The van der Waals surface area contributed by atoms with E-state index in [1.54, 1.807) is 17.1 Å². The molecule has 5 heteroatoms.